The SMILES string of the molecule is CN(OC(=O)c1cnccn1)OC(=O)c1cnccn1. The Balaban J connectivity index is 1.91. The first kappa shape index (κ1) is 13.5. The van der Waals surface area contributed by atoms with E-state index in [0.29, 0.717) is 5.23 Å². The van der Waals surface area contributed by atoms with Crippen LogP contribution in [0.1, 0.15) is 21.0 Å². The van der Waals surface area contributed by atoms with Gasteiger partial charge in [0.15, 0.2) is 11.4 Å². The number of carbonyl (C=O) groups is 2. The van der Waals surface area contributed by atoms with Crippen LogP contribution in [0.2, 0.25) is 0 Å². The third-order valence-corrected chi connectivity index (χ3v) is 1.97. The quantitative estimate of drug-likeness (QED) is 0.714. The normalized spacial score (nSPS) is 10.1. The van der Waals surface area contributed by atoms with Crippen molar-refractivity contribution in [3.05, 3.63) is 48.6 Å². The summed E-state index contributed by atoms with van der Waals surface area (Å²) in [5, 5.41) is 0.605. The van der Waals surface area contributed by atoms with Crippen molar-refractivity contribution in [3.63, 3.8) is 0 Å². The third kappa shape index (κ3) is 3.53. The van der Waals surface area contributed by atoms with E-state index < -0.39 is 11.9 Å². The van der Waals surface area contributed by atoms with Crippen LogP contribution in [-0.4, -0.2) is 44.1 Å². The molecule has 0 spiro atoms. The summed E-state index contributed by atoms with van der Waals surface area (Å²) in [6.45, 7) is 0. The number of hydroxylamine groups is 2. The summed E-state index contributed by atoms with van der Waals surface area (Å²) in [5.41, 5.74) is -0.0372. The summed E-state index contributed by atoms with van der Waals surface area (Å²) < 4.78 is 0. The van der Waals surface area contributed by atoms with Gasteiger partial charge >= 0.3 is 11.9 Å². The van der Waals surface area contributed by atoms with Crippen LogP contribution in [0.4, 0.5) is 0 Å². The molecule has 2 aromatic heterocycles. The van der Waals surface area contributed by atoms with Gasteiger partial charge in [-0.05, 0) is 0 Å². The van der Waals surface area contributed by atoms with Crippen LogP contribution >= 0.6 is 0 Å². The van der Waals surface area contributed by atoms with Crippen LogP contribution in [0.3, 0.4) is 0 Å². The molecule has 20 heavy (non-hydrogen) atoms. The van der Waals surface area contributed by atoms with E-state index in [1.54, 1.807) is 0 Å². The minimum absolute atomic E-state index is 0.0186. The second-order valence-corrected chi connectivity index (χ2v) is 3.38. The second kappa shape index (κ2) is 6.29. The lowest BCUT2D eigenvalue weighted by molar-refractivity contribution is -0.281. The molecule has 0 N–H and O–H groups in total. The van der Waals surface area contributed by atoms with E-state index in [9.17, 15) is 9.59 Å². The monoisotopic (exact) mass is 275 g/mol. The number of rotatable bonds is 4. The van der Waals surface area contributed by atoms with Gasteiger partial charge in [-0.15, -0.1) is 0 Å². The lowest BCUT2D eigenvalue weighted by Crippen LogP contribution is -2.27. The van der Waals surface area contributed by atoms with E-state index in [1.807, 2.05) is 0 Å². The standard InChI is InChI=1S/C11H9N5O4/c1-16(19-10(17)8-6-12-2-4-14-8)20-11(18)9-7-13-3-5-15-9/h2-7H,1H3. The molecule has 0 amide bonds. The molecule has 2 heterocycles. The van der Waals surface area contributed by atoms with Crippen molar-refractivity contribution >= 4 is 11.9 Å². The molecular formula is C11H9N5O4. The van der Waals surface area contributed by atoms with Gasteiger partial charge in [0.1, 0.15) is 0 Å². The van der Waals surface area contributed by atoms with Gasteiger partial charge in [0.05, 0.1) is 19.4 Å². The zero-order chi connectivity index (χ0) is 14.4. The Hall–Kier alpha value is -2.94. The van der Waals surface area contributed by atoms with E-state index in [2.05, 4.69) is 19.9 Å². The molecule has 0 saturated heterocycles. The zero-order valence-electron chi connectivity index (χ0n) is 10.3. The van der Waals surface area contributed by atoms with Crippen molar-refractivity contribution in [1.82, 2.24) is 25.2 Å². The number of hydrogen-bond donors (Lipinski definition) is 0. The van der Waals surface area contributed by atoms with Gasteiger partial charge in [-0.2, -0.15) is 0 Å². The van der Waals surface area contributed by atoms with Crippen molar-refractivity contribution < 1.29 is 19.3 Å². The summed E-state index contributed by atoms with van der Waals surface area (Å²) in [5.74, 6) is -1.62. The van der Waals surface area contributed by atoms with Gasteiger partial charge in [0, 0.05) is 30.0 Å². The van der Waals surface area contributed by atoms with Crippen LogP contribution in [0.15, 0.2) is 37.2 Å². The van der Waals surface area contributed by atoms with E-state index in [-0.39, 0.29) is 11.4 Å². The van der Waals surface area contributed by atoms with Crippen LogP contribution in [0.25, 0.3) is 0 Å². The molecule has 0 radical (unpaired) electrons. The van der Waals surface area contributed by atoms with E-state index in [0.717, 1.165) is 0 Å². The molecule has 0 aliphatic rings. The van der Waals surface area contributed by atoms with Crippen LogP contribution in [0, 0.1) is 0 Å². The number of aromatic nitrogens is 4. The molecule has 2 aromatic rings. The van der Waals surface area contributed by atoms with Gasteiger partial charge < -0.3 is 9.68 Å². The molecule has 0 unspecified atom stereocenters. The van der Waals surface area contributed by atoms with Crippen LogP contribution in [-0.2, 0) is 9.68 Å². The summed E-state index contributed by atoms with van der Waals surface area (Å²) in [6, 6.07) is 0. The second-order valence-electron chi connectivity index (χ2n) is 3.38. The molecule has 0 atom stereocenters. The first-order valence-corrected chi connectivity index (χ1v) is 5.37. The molecular weight excluding hydrogens is 266 g/mol. The average Bonchev–Trinajstić information content (AvgIpc) is 2.49. The third-order valence-electron chi connectivity index (χ3n) is 1.97. The number of hydrogen-bond acceptors (Lipinski definition) is 9. The maximum absolute atomic E-state index is 11.6. The van der Waals surface area contributed by atoms with Crippen molar-refractivity contribution in [3.8, 4) is 0 Å². The Morgan fingerprint density at radius 3 is 1.70 bits per heavy atom. The minimum atomic E-state index is -0.812. The number of carbonyl (C=O) groups excluding carboxylic acids is 2. The maximum atomic E-state index is 11.6. The molecule has 0 fully saturated rings. The van der Waals surface area contributed by atoms with Gasteiger partial charge in [-0.25, -0.2) is 19.6 Å². The summed E-state index contributed by atoms with van der Waals surface area (Å²) in [6.07, 6.45) is 7.94. The van der Waals surface area contributed by atoms with E-state index in [4.69, 9.17) is 9.68 Å². The Kier molecular flexibility index (Phi) is 4.24. The molecule has 102 valence electrons. The fraction of sp³-hybridized carbons (Fsp3) is 0.0909. The summed E-state index contributed by atoms with van der Waals surface area (Å²) in [4.78, 5) is 47.5. The summed E-state index contributed by atoms with van der Waals surface area (Å²) >= 11 is 0. The highest BCUT2D eigenvalue weighted by Gasteiger charge is 2.17. The van der Waals surface area contributed by atoms with Crippen molar-refractivity contribution in [2.75, 3.05) is 7.05 Å². The highest BCUT2D eigenvalue weighted by atomic mass is 17.0. The molecule has 9 nitrogen and oxygen atoms in total. The van der Waals surface area contributed by atoms with Crippen molar-refractivity contribution in [2.45, 2.75) is 0 Å². The van der Waals surface area contributed by atoms with Crippen LogP contribution < -0.4 is 0 Å². The fourth-order valence-corrected chi connectivity index (χ4v) is 1.15. The molecule has 0 saturated carbocycles. The van der Waals surface area contributed by atoms with Gasteiger partial charge in [-0.3, -0.25) is 9.97 Å². The predicted octanol–water partition coefficient (Wildman–Crippen LogP) is 0.0422. The fourth-order valence-electron chi connectivity index (χ4n) is 1.15. The van der Waals surface area contributed by atoms with E-state index in [1.165, 1.54) is 44.2 Å². The van der Waals surface area contributed by atoms with Gasteiger partial charge in [-0.1, -0.05) is 0 Å². The Morgan fingerprint density at radius 2 is 1.35 bits per heavy atom. The molecule has 0 aliphatic carbocycles. The Labute approximate surface area is 113 Å². The largest absolute Gasteiger partial charge is 0.380 e. The van der Waals surface area contributed by atoms with Gasteiger partial charge in [0.2, 0.25) is 0 Å². The highest BCUT2D eigenvalue weighted by Crippen LogP contribution is 2.01. The number of nitrogens with zero attached hydrogens (tertiary/aromatic N) is 5. The maximum Gasteiger partial charge on any atom is 0.380 e. The highest BCUT2D eigenvalue weighted by molar-refractivity contribution is 5.87. The van der Waals surface area contributed by atoms with Crippen molar-refractivity contribution in [1.29, 1.82) is 0 Å². The lowest BCUT2D eigenvalue weighted by atomic mass is 10.5. The molecule has 0 aliphatic heterocycles. The molecule has 2 rings (SSSR count). The Morgan fingerprint density at radius 1 is 0.900 bits per heavy atom. The van der Waals surface area contributed by atoms with Crippen molar-refractivity contribution in [2.24, 2.45) is 0 Å². The van der Waals surface area contributed by atoms with E-state index >= 15 is 0 Å². The first-order chi connectivity index (χ1) is 9.66. The first-order valence-electron chi connectivity index (χ1n) is 5.37. The van der Waals surface area contributed by atoms with Crippen LogP contribution in [0.5, 0.6) is 0 Å². The minimum Gasteiger partial charge on any atom is -0.327 e. The molecule has 0 aromatic carbocycles. The smallest absolute Gasteiger partial charge is 0.327 e. The molecule has 0 bridgehead atoms. The molecule has 9 heteroatoms. The summed E-state index contributed by atoms with van der Waals surface area (Å²) in [7, 11) is 1.24. The predicted molar refractivity (Wildman–Crippen MR) is 62.7 cm³/mol. The average molecular weight is 275 g/mol. The van der Waals surface area contributed by atoms with Gasteiger partial charge in [0.25, 0.3) is 0 Å². The topological polar surface area (TPSA) is 107 Å². The lowest BCUT2D eigenvalue weighted by Gasteiger charge is -2.13. The zero-order valence-corrected chi connectivity index (χ0v) is 10.3. The Bertz CT molecular complexity index is 539.